The molecule has 0 amide bonds. The topological polar surface area (TPSA) is 36.1 Å². The van der Waals surface area contributed by atoms with Gasteiger partial charge in [-0.25, -0.2) is 9.82 Å². The Balaban J connectivity index is 2.11. The Kier molecular flexibility index (Phi) is 4.50. The Labute approximate surface area is 109 Å². The SMILES string of the molecule is CCNCC1CNNC1c1ccc(F)c(Br)c1. The molecule has 17 heavy (non-hydrogen) atoms. The van der Waals surface area contributed by atoms with Gasteiger partial charge in [-0.3, -0.25) is 5.43 Å². The molecule has 0 aromatic heterocycles. The van der Waals surface area contributed by atoms with Gasteiger partial charge in [-0.1, -0.05) is 13.0 Å². The molecule has 94 valence electrons. The van der Waals surface area contributed by atoms with Gasteiger partial charge >= 0.3 is 0 Å². The molecule has 0 saturated carbocycles. The van der Waals surface area contributed by atoms with Crippen LogP contribution in [-0.4, -0.2) is 19.6 Å². The molecule has 1 heterocycles. The molecular formula is C12H17BrFN3. The molecule has 2 atom stereocenters. The second kappa shape index (κ2) is 5.91. The van der Waals surface area contributed by atoms with Gasteiger partial charge in [0.15, 0.2) is 0 Å². The lowest BCUT2D eigenvalue weighted by molar-refractivity contribution is 0.446. The third kappa shape index (κ3) is 3.04. The van der Waals surface area contributed by atoms with Crippen LogP contribution in [0.5, 0.6) is 0 Å². The molecule has 2 unspecified atom stereocenters. The minimum absolute atomic E-state index is 0.220. The molecule has 1 aromatic rings. The quantitative estimate of drug-likeness (QED) is 0.796. The zero-order valence-corrected chi connectivity index (χ0v) is 11.3. The van der Waals surface area contributed by atoms with Gasteiger partial charge in [0.2, 0.25) is 0 Å². The monoisotopic (exact) mass is 301 g/mol. The molecule has 1 aromatic carbocycles. The predicted octanol–water partition coefficient (Wildman–Crippen LogP) is 1.96. The summed E-state index contributed by atoms with van der Waals surface area (Å²) in [7, 11) is 0. The summed E-state index contributed by atoms with van der Waals surface area (Å²) in [4.78, 5) is 0. The maximum absolute atomic E-state index is 13.2. The lowest BCUT2D eigenvalue weighted by Gasteiger charge is -2.19. The van der Waals surface area contributed by atoms with E-state index < -0.39 is 0 Å². The van der Waals surface area contributed by atoms with Gasteiger partial charge in [0.1, 0.15) is 5.82 Å². The standard InChI is InChI=1S/C12H17BrFN3/c1-2-15-6-9-7-16-17-12(9)8-3-4-11(14)10(13)5-8/h3-5,9,12,15-17H,2,6-7H2,1H3. The van der Waals surface area contributed by atoms with Crippen molar-refractivity contribution in [2.75, 3.05) is 19.6 Å². The number of hydrogen-bond donors (Lipinski definition) is 3. The van der Waals surface area contributed by atoms with Gasteiger partial charge < -0.3 is 5.32 Å². The van der Waals surface area contributed by atoms with Crippen molar-refractivity contribution in [3.63, 3.8) is 0 Å². The van der Waals surface area contributed by atoms with Crippen molar-refractivity contribution in [1.29, 1.82) is 0 Å². The Morgan fingerprint density at radius 1 is 1.53 bits per heavy atom. The molecule has 5 heteroatoms. The van der Waals surface area contributed by atoms with E-state index in [1.807, 2.05) is 12.1 Å². The van der Waals surface area contributed by atoms with Crippen molar-refractivity contribution in [3.05, 3.63) is 34.1 Å². The summed E-state index contributed by atoms with van der Waals surface area (Å²) in [5, 5.41) is 3.35. The van der Waals surface area contributed by atoms with Crippen LogP contribution in [0.4, 0.5) is 4.39 Å². The molecule has 1 saturated heterocycles. The second-order valence-corrected chi connectivity index (χ2v) is 5.10. The zero-order chi connectivity index (χ0) is 12.3. The van der Waals surface area contributed by atoms with Crippen molar-refractivity contribution in [3.8, 4) is 0 Å². The van der Waals surface area contributed by atoms with Crippen LogP contribution >= 0.6 is 15.9 Å². The largest absolute Gasteiger partial charge is 0.317 e. The minimum atomic E-state index is -0.220. The van der Waals surface area contributed by atoms with Gasteiger partial charge in [-0.2, -0.15) is 0 Å². The lowest BCUT2D eigenvalue weighted by Crippen LogP contribution is -2.28. The van der Waals surface area contributed by atoms with Crippen LogP contribution in [0.1, 0.15) is 18.5 Å². The number of benzene rings is 1. The Morgan fingerprint density at radius 2 is 2.35 bits per heavy atom. The molecule has 1 aliphatic rings. The van der Waals surface area contributed by atoms with Crippen LogP contribution in [-0.2, 0) is 0 Å². The molecule has 3 N–H and O–H groups in total. The fourth-order valence-electron chi connectivity index (χ4n) is 2.12. The minimum Gasteiger partial charge on any atom is -0.317 e. The summed E-state index contributed by atoms with van der Waals surface area (Å²) < 4.78 is 13.7. The van der Waals surface area contributed by atoms with E-state index in [4.69, 9.17) is 0 Å². The molecule has 3 nitrogen and oxygen atoms in total. The predicted molar refractivity (Wildman–Crippen MR) is 70.0 cm³/mol. The maximum Gasteiger partial charge on any atom is 0.137 e. The van der Waals surface area contributed by atoms with Crippen LogP contribution in [0.2, 0.25) is 0 Å². The van der Waals surface area contributed by atoms with E-state index in [-0.39, 0.29) is 11.9 Å². The number of hydrogen-bond acceptors (Lipinski definition) is 3. The van der Waals surface area contributed by atoms with Gasteiger partial charge in [-0.05, 0) is 40.2 Å². The molecule has 0 bridgehead atoms. The molecule has 1 aliphatic heterocycles. The average Bonchev–Trinajstić information content (AvgIpc) is 2.78. The van der Waals surface area contributed by atoms with E-state index >= 15 is 0 Å². The van der Waals surface area contributed by atoms with Crippen molar-refractivity contribution < 1.29 is 4.39 Å². The summed E-state index contributed by atoms with van der Waals surface area (Å²) in [5.41, 5.74) is 7.51. The van der Waals surface area contributed by atoms with Crippen molar-refractivity contribution in [2.45, 2.75) is 13.0 Å². The summed E-state index contributed by atoms with van der Waals surface area (Å²) in [6.07, 6.45) is 0. The smallest absolute Gasteiger partial charge is 0.137 e. The van der Waals surface area contributed by atoms with Gasteiger partial charge in [-0.15, -0.1) is 0 Å². The highest BCUT2D eigenvalue weighted by Crippen LogP contribution is 2.27. The van der Waals surface area contributed by atoms with Gasteiger partial charge in [0, 0.05) is 19.0 Å². The van der Waals surface area contributed by atoms with Crippen LogP contribution in [0.3, 0.4) is 0 Å². The normalized spacial score (nSPS) is 24.2. The zero-order valence-electron chi connectivity index (χ0n) is 9.76. The molecule has 0 aliphatic carbocycles. The van der Waals surface area contributed by atoms with Crippen molar-refractivity contribution in [1.82, 2.24) is 16.2 Å². The van der Waals surface area contributed by atoms with E-state index in [9.17, 15) is 4.39 Å². The first-order valence-electron chi connectivity index (χ1n) is 5.86. The fourth-order valence-corrected chi connectivity index (χ4v) is 2.51. The van der Waals surface area contributed by atoms with E-state index in [0.29, 0.717) is 10.4 Å². The number of nitrogens with one attached hydrogen (secondary N) is 3. The number of rotatable bonds is 4. The van der Waals surface area contributed by atoms with Gasteiger partial charge in [0.05, 0.1) is 10.5 Å². The van der Waals surface area contributed by atoms with Crippen LogP contribution in [0, 0.1) is 11.7 Å². The first-order chi connectivity index (χ1) is 8.22. The average molecular weight is 302 g/mol. The second-order valence-electron chi connectivity index (χ2n) is 4.24. The Hall–Kier alpha value is -0.490. The summed E-state index contributed by atoms with van der Waals surface area (Å²) >= 11 is 3.23. The molecule has 0 spiro atoms. The third-order valence-electron chi connectivity index (χ3n) is 3.05. The molecule has 2 rings (SSSR count). The number of hydrazine groups is 1. The summed E-state index contributed by atoms with van der Waals surface area (Å²) in [6, 6.07) is 5.41. The Morgan fingerprint density at radius 3 is 3.06 bits per heavy atom. The first-order valence-corrected chi connectivity index (χ1v) is 6.65. The molecule has 0 radical (unpaired) electrons. The highest BCUT2D eigenvalue weighted by Gasteiger charge is 2.27. The van der Waals surface area contributed by atoms with Crippen LogP contribution < -0.4 is 16.2 Å². The summed E-state index contributed by atoms with van der Waals surface area (Å²) in [5.74, 6) is 0.259. The van der Waals surface area contributed by atoms with Crippen molar-refractivity contribution >= 4 is 15.9 Å². The van der Waals surface area contributed by atoms with Crippen molar-refractivity contribution in [2.24, 2.45) is 5.92 Å². The number of halogens is 2. The van der Waals surface area contributed by atoms with E-state index in [2.05, 4.69) is 39.0 Å². The molecule has 1 fully saturated rings. The highest BCUT2D eigenvalue weighted by molar-refractivity contribution is 9.10. The van der Waals surface area contributed by atoms with E-state index in [1.165, 1.54) is 6.07 Å². The third-order valence-corrected chi connectivity index (χ3v) is 3.66. The molecular weight excluding hydrogens is 285 g/mol. The highest BCUT2D eigenvalue weighted by atomic mass is 79.9. The Bertz CT molecular complexity index is 386. The maximum atomic E-state index is 13.2. The first kappa shape index (κ1) is 13.0. The van der Waals surface area contributed by atoms with E-state index in [0.717, 1.165) is 25.2 Å². The summed E-state index contributed by atoms with van der Waals surface area (Å²) in [6.45, 7) is 4.94. The van der Waals surface area contributed by atoms with Crippen LogP contribution in [0.25, 0.3) is 0 Å². The van der Waals surface area contributed by atoms with Crippen LogP contribution in [0.15, 0.2) is 22.7 Å². The fraction of sp³-hybridized carbons (Fsp3) is 0.500. The van der Waals surface area contributed by atoms with E-state index in [1.54, 1.807) is 0 Å². The van der Waals surface area contributed by atoms with Gasteiger partial charge in [0.25, 0.3) is 0 Å². The lowest BCUT2D eigenvalue weighted by atomic mass is 9.95.